The van der Waals surface area contributed by atoms with E-state index in [1.165, 1.54) is 0 Å². The molecule has 0 fully saturated rings. The van der Waals surface area contributed by atoms with Gasteiger partial charge in [0.25, 0.3) is 0 Å². The van der Waals surface area contributed by atoms with Crippen molar-refractivity contribution in [3.05, 3.63) is 71.8 Å². The lowest BCUT2D eigenvalue weighted by Crippen LogP contribution is -2.33. The fourth-order valence-corrected chi connectivity index (χ4v) is 2.09. The molecule has 1 aromatic rings. The van der Waals surface area contributed by atoms with Crippen LogP contribution < -0.4 is 0 Å². The Morgan fingerprint density at radius 1 is 1.16 bits per heavy atom. The third-order valence-corrected chi connectivity index (χ3v) is 3.40. The molecule has 96 valence electrons. The molecule has 0 amide bonds. The van der Waals surface area contributed by atoms with Gasteiger partial charge in [0.05, 0.1) is 11.0 Å². The van der Waals surface area contributed by atoms with E-state index in [1.54, 1.807) is 18.2 Å². The highest BCUT2D eigenvalue weighted by Gasteiger charge is 2.35. The number of carbonyl (C=O) groups is 2. The van der Waals surface area contributed by atoms with Crippen LogP contribution in [0.3, 0.4) is 0 Å². The van der Waals surface area contributed by atoms with Gasteiger partial charge >= 0.3 is 0 Å². The molecule has 0 heterocycles. The van der Waals surface area contributed by atoms with Crippen molar-refractivity contribution in [1.82, 2.24) is 0 Å². The zero-order valence-electron chi connectivity index (χ0n) is 11.1. The Labute approximate surface area is 113 Å². The van der Waals surface area contributed by atoms with E-state index in [0.717, 1.165) is 5.56 Å². The number of rotatable bonds is 3. The molecule has 1 aliphatic rings. The summed E-state index contributed by atoms with van der Waals surface area (Å²) >= 11 is 0. The molecule has 0 bridgehead atoms. The first-order valence-corrected chi connectivity index (χ1v) is 6.17. The maximum atomic E-state index is 12.6. The molecule has 2 rings (SSSR count). The molecule has 0 atom stereocenters. The average Bonchev–Trinajstić information content (AvgIpc) is 2.42. The Morgan fingerprint density at radius 3 is 2.42 bits per heavy atom. The second-order valence-electron chi connectivity index (χ2n) is 5.11. The lowest BCUT2D eigenvalue weighted by molar-refractivity contribution is -0.123. The minimum atomic E-state index is -0.728. The third-order valence-electron chi connectivity index (χ3n) is 3.40. The number of carbonyl (C=O) groups excluding carboxylic acids is 2. The van der Waals surface area contributed by atoms with Gasteiger partial charge in [-0.1, -0.05) is 49.1 Å². The molecule has 2 heteroatoms. The van der Waals surface area contributed by atoms with Gasteiger partial charge < -0.3 is 0 Å². The van der Waals surface area contributed by atoms with Crippen LogP contribution >= 0.6 is 0 Å². The van der Waals surface area contributed by atoms with E-state index in [2.05, 4.69) is 6.58 Å². The van der Waals surface area contributed by atoms with Crippen molar-refractivity contribution >= 4 is 11.6 Å². The number of Topliss-reactive ketones (excluding diaryl/α,β-unsaturated/α-hetero) is 2. The van der Waals surface area contributed by atoms with Crippen LogP contribution in [0.2, 0.25) is 0 Å². The molecule has 2 nitrogen and oxygen atoms in total. The fraction of sp³-hybridized carbons (Fsp3) is 0.176. The van der Waals surface area contributed by atoms with Gasteiger partial charge in [0, 0.05) is 5.57 Å². The summed E-state index contributed by atoms with van der Waals surface area (Å²) in [5.41, 5.74) is 0.735. The molecule has 0 spiro atoms. The molecular formula is C17H16O2. The molecule has 0 saturated carbocycles. The van der Waals surface area contributed by atoms with Crippen LogP contribution in [0, 0.1) is 0 Å². The van der Waals surface area contributed by atoms with Gasteiger partial charge in [0.1, 0.15) is 0 Å². The van der Waals surface area contributed by atoms with Gasteiger partial charge in [-0.2, -0.15) is 0 Å². The van der Waals surface area contributed by atoms with E-state index < -0.39 is 5.41 Å². The summed E-state index contributed by atoms with van der Waals surface area (Å²) in [6.45, 7) is 7.32. The van der Waals surface area contributed by atoms with Gasteiger partial charge in [0.2, 0.25) is 0 Å². The first kappa shape index (κ1) is 13.2. The van der Waals surface area contributed by atoms with Crippen molar-refractivity contribution < 1.29 is 9.59 Å². The predicted octanol–water partition coefficient (Wildman–Crippen LogP) is 3.15. The smallest absolute Gasteiger partial charge is 0.196 e. The average molecular weight is 252 g/mol. The van der Waals surface area contributed by atoms with Gasteiger partial charge in [-0.3, -0.25) is 9.59 Å². The molecule has 19 heavy (non-hydrogen) atoms. The van der Waals surface area contributed by atoms with Crippen molar-refractivity contribution in [3.8, 4) is 0 Å². The summed E-state index contributed by atoms with van der Waals surface area (Å²) in [4.78, 5) is 24.6. The van der Waals surface area contributed by atoms with Gasteiger partial charge in [-0.05, 0) is 25.5 Å². The second kappa shape index (κ2) is 4.81. The molecule has 1 aliphatic carbocycles. The highest BCUT2D eigenvalue weighted by atomic mass is 16.2. The lowest BCUT2D eigenvalue weighted by atomic mass is 9.76. The minimum absolute atomic E-state index is 0.172. The standard InChI is InChI=1S/C17H16O2/c1-12-8-7-11-14(15(12)18)16(19)17(2,3)13-9-5-4-6-10-13/h4-11H,1H2,2-3H3. The largest absolute Gasteiger partial charge is 0.293 e. The SMILES string of the molecule is C=C1C=CC=C(C(=O)C(C)(C)c2ccccc2)C1=O. The maximum Gasteiger partial charge on any atom is 0.196 e. The highest BCUT2D eigenvalue weighted by Crippen LogP contribution is 2.29. The maximum absolute atomic E-state index is 12.6. The second-order valence-corrected chi connectivity index (χ2v) is 5.11. The first-order chi connectivity index (χ1) is 8.94. The summed E-state index contributed by atoms with van der Waals surface area (Å²) in [7, 11) is 0. The van der Waals surface area contributed by atoms with Crippen LogP contribution in [0.5, 0.6) is 0 Å². The fourth-order valence-electron chi connectivity index (χ4n) is 2.09. The molecule has 0 radical (unpaired) electrons. The van der Waals surface area contributed by atoms with E-state index in [1.807, 2.05) is 44.2 Å². The zero-order chi connectivity index (χ0) is 14.0. The van der Waals surface area contributed by atoms with E-state index in [0.29, 0.717) is 5.57 Å². The monoisotopic (exact) mass is 252 g/mol. The topological polar surface area (TPSA) is 34.1 Å². The Morgan fingerprint density at radius 2 is 1.79 bits per heavy atom. The first-order valence-electron chi connectivity index (χ1n) is 6.17. The number of hydrogen-bond acceptors (Lipinski definition) is 2. The zero-order valence-corrected chi connectivity index (χ0v) is 11.1. The van der Waals surface area contributed by atoms with Crippen LogP contribution in [-0.2, 0) is 15.0 Å². The molecular weight excluding hydrogens is 236 g/mol. The Kier molecular flexibility index (Phi) is 3.34. The van der Waals surface area contributed by atoms with Crippen molar-refractivity contribution in [3.63, 3.8) is 0 Å². The normalized spacial score (nSPS) is 15.4. The predicted molar refractivity (Wildman–Crippen MR) is 75.8 cm³/mol. The lowest BCUT2D eigenvalue weighted by Gasteiger charge is -2.25. The number of benzene rings is 1. The van der Waals surface area contributed by atoms with Gasteiger partial charge in [-0.25, -0.2) is 0 Å². The summed E-state index contributed by atoms with van der Waals surface area (Å²) in [5, 5.41) is 0. The van der Waals surface area contributed by atoms with E-state index >= 15 is 0 Å². The number of allylic oxidation sites excluding steroid dienone is 5. The van der Waals surface area contributed by atoms with Crippen molar-refractivity contribution in [2.75, 3.05) is 0 Å². The molecule has 0 unspecified atom stereocenters. The Hall–Kier alpha value is -2.22. The molecule has 0 saturated heterocycles. The van der Waals surface area contributed by atoms with Crippen LogP contribution in [0.15, 0.2) is 66.3 Å². The van der Waals surface area contributed by atoms with Crippen LogP contribution in [0.1, 0.15) is 19.4 Å². The van der Waals surface area contributed by atoms with Crippen LogP contribution in [0.4, 0.5) is 0 Å². The summed E-state index contributed by atoms with van der Waals surface area (Å²) in [6.07, 6.45) is 4.89. The summed E-state index contributed by atoms with van der Waals surface area (Å²) in [5.74, 6) is -0.453. The molecule has 0 aromatic heterocycles. The highest BCUT2D eigenvalue weighted by molar-refractivity contribution is 6.29. The van der Waals surface area contributed by atoms with Crippen molar-refractivity contribution in [2.24, 2.45) is 0 Å². The molecule has 1 aromatic carbocycles. The molecule has 0 N–H and O–H groups in total. The van der Waals surface area contributed by atoms with E-state index in [9.17, 15) is 9.59 Å². The Balaban J connectivity index is 2.40. The molecule has 0 aliphatic heterocycles. The van der Waals surface area contributed by atoms with Crippen LogP contribution in [-0.4, -0.2) is 11.6 Å². The summed E-state index contributed by atoms with van der Waals surface area (Å²) < 4.78 is 0. The minimum Gasteiger partial charge on any atom is -0.293 e. The van der Waals surface area contributed by atoms with E-state index in [-0.39, 0.29) is 17.1 Å². The van der Waals surface area contributed by atoms with Crippen molar-refractivity contribution in [2.45, 2.75) is 19.3 Å². The number of ketones is 2. The number of hydrogen-bond donors (Lipinski definition) is 0. The summed E-state index contributed by atoms with van der Waals surface area (Å²) in [6, 6.07) is 9.48. The van der Waals surface area contributed by atoms with Crippen molar-refractivity contribution in [1.29, 1.82) is 0 Å². The van der Waals surface area contributed by atoms with Crippen LogP contribution in [0.25, 0.3) is 0 Å². The van der Waals surface area contributed by atoms with Gasteiger partial charge in [0.15, 0.2) is 11.6 Å². The Bertz CT molecular complexity index is 601. The quantitative estimate of drug-likeness (QED) is 0.611. The van der Waals surface area contributed by atoms with E-state index in [4.69, 9.17) is 0 Å². The third kappa shape index (κ3) is 2.34. The van der Waals surface area contributed by atoms with Gasteiger partial charge in [-0.15, -0.1) is 0 Å².